The van der Waals surface area contributed by atoms with E-state index in [1.807, 2.05) is 11.0 Å². The van der Waals surface area contributed by atoms with Gasteiger partial charge >= 0.3 is 0 Å². The molecule has 0 unspecified atom stereocenters. The molecule has 0 saturated carbocycles. The number of aromatic nitrogens is 2. The summed E-state index contributed by atoms with van der Waals surface area (Å²) in [5.41, 5.74) is 0.0332. The number of amides is 2. The third kappa shape index (κ3) is 3.02. The Morgan fingerprint density at radius 1 is 1.17 bits per heavy atom. The number of aromatic amines is 1. The zero-order valence-corrected chi connectivity index (χ0v) is 17.3. The number of H-pyrrole nitrogens is 1. The van der Waals surface area contributed by atoms with Crippen molar-refractivity contribution in [3.8, 4) is 0 Å². The third-order valence-electron chi connectivity index (χ3n) is 7.27. The number of fused-ring (bicyclic) bond motifs is 5. The van der Waals surface area contributed by atoms with E-state index in [2.05, 4.69) is 22.0 Å². The molecule has 7 heteroatoms. The Morgan fingerprint density at radius 2 is 1.93 bits per heavy atom. The van der Waals surface area contributed by atoms with Crippen molar-refractivity contribution in [3.63, 3.8) is 0 Å². The molecule has 4 heterocycles. The minimum absolute atomic E-state index is 0.122. The molecule has 2 amide bonds. The third-order valence-corrected chi connectivity index (χ3v) is 7.27. The summed E-state index contributed by atoms with van der Waals surface area (Å²) >= 11 is 0. The van der Waals surface area contributed by atoms with Crippen LogP contribution >= 0.6 is 0 Å². The topological polar surface area (TPSA) is 86.4 Å². The molecule has 1 aromatic carbocycles. The SMILES string of the molecule is CCC[C@H]1[C@H]2C[C@H](CN(C(=O)c3n[nH]c(=O)c4ccccc34)C2)[C@@H]2CCCC(=O)N21. The molecule has 5 rings (SSSR count). The van der Waals surface area contributed by atoms with E-state index in [4.69, 9.17) is 0 Å². The molecule has 3 fully saturated rings. The van der Waals surface area contributed by atoms with Gasteiger partial charge in [0.2, 0.25) is 5.91 Å². The van der Waals surface area contributed by atoms with E-state index in [1.54, 1.807) is 18.2 Å². The van der Waals surface area contributed by atoms with Gasteiger partial charge in [-0.25, -0.2) is 5.10 Å². The van der Waals surface area contributed by atoms with Crippen molar-refractivity contribution < 1.29 is 9.59 Å². The Labute approximate surface area is 175 Å². The second kappa shape index (κ2) is 7.52. The first-order valence-electron chi connectivity index (χ1n) is 11.2. The Balaban J connectivity index is 1.48. The molecule has 3 aliphatic heterocycles. The van der Waals surface area contributed by atoms with Crippen LogP contribution in [0, 0.1) is 11.8 Å². The fourth-order valence-electron chi connectivity index (χ4n) is 6.04. The number of nitrogens with one attached hydrogen (secondary N) is 1. The molecule has 0 spiro atoms. The van der Waals surface area contributed by atoms with Crippen LogP contribution in [0.15, 0.2) is 29.1 Å². The first kappa shape index (κ1) is 19.3. The van der Waals surface area contributed by atoms with E-state index in [0.29, 0.717) is 53.7 Å². The van der Waals surface area contributed by atoms with Crippen molar-refractivity contribution in [2.75, 3.05) is 13.1 Å². The molecular weight excluding hydrogens is 380 g/mol. The predicted molar refractivity (Wildman–Crippen MR) is 113 cm³/mol. The fraction of sp³-hybridized carbons (Fsp3) is 0.565. The standard InChI is InChI=1S/C23H28N4O3/c1-2-6-18-14-11-15(19-9-5-10-20(28)27(18)19)13-26(12-14)23(30)21-16-7-3-4-8-17(16)22(29)25-24-21/h3-4,7-8,14-15,18-19H,2,5-6,9-13H2,1H3,(H,25,29)/t14-,15+,18-,19-/m0/s1. The molecular formula is C23H28N4O3. The molecule has 30 heavy (non-hydrogen) atoms. The van der Waals surface area contributed by atoms with Crippen LogP contribution in [0.25, 0.3) is 10.8 Å². The minimum Gasteiger partial charge on any atom is -0.337 e. The van der Waals surface area contributed by atoms with Gasteiger partial charge in [-0.3, -0.25) is 14.4 Å². The number of carbonyl (C=O) groups excluding carboxylic acids is 2. The molecule has 3 saturated heterocycles. The normalized spacial score (nSPS) is 28.5. The number of hydrogen-bond donors (Lipinski definition) is 1. The van der Waals surface area contributed by atoms with Crippen molar-refractivity contribution in [2.45, 2.75) is 57.5 Å². The van der Waals surface area contributed by atoms with Crippen molar-refractivity contribution in [3.05, 3.63) is 40.3 Å². The number of rotatable bonds is 3. The second-order valence-electron chi connectivity index (χ2n) is 9.03. The van der Waals surface area contributed by atoms with E-state index < -0.39 is 0 Å². The van der Waals surface area contributed by atoms with Gasteiger partial charge in [0, 0.05) is 37.0 Å². The number of nitrogens with zero attached hydrogens (tertiary/aromatic N) is 3. The summed E-state index contributed by atoms with van der Waals surface area (Å²) in [5.74, 6) is 0.800. The van der Waals surface area contributed by atoms with Crippen LogP contribution in [-0.2, 0) is 4.79 Å². The molecule has 1 N–H and O–H groups in total. The van der Waals surface area contributed by atoms with Crippen molar-refractivity contribution >= 4 is 22.6 Å². The van der Waals surface area contributed by atoms with E-state index in [1.165, 1.54) is 0 Å². The highest BCUT2D eigenvalue weighted by Gasteiger charge is 2.49. The largest absolute Gasteiger partial charge is 0.337 e. The molecule has 4 atom stereocenters. The van der Waals surface area contributed by atoms with E-state index >= 15 is 0 Å². The highest BCUT2D eigenvalue weighted by atomic mass is 16.2. The summed E-state index contributed by atoms with van der Waals surface area (Å²) in [7, 11) is 0. The number of piperidine rings is 3. The van der Waals surface area contributed by atoms with Crippen LogP contribution in [0.5, 0.6) is 0 Å². The summed E-state index contributed by atoms with van der Waals surface area (Å²) in [5, 5.41) is 7.70. The maximum Gasteiger partial charge on any atom is 0.274 e. The zero-order chi connectivity index (χ0) is 20.8. The lowest BCUT2D eigenvalue weighted by Crippen LogP contribution is -2.65. The number of hydrogen-bond acceptors (Lipinski definition) is 4. The van der Waals surface area contributed by atoms with Gasteiger partial charge in [-0.2, -0.15) is 5.10 Å². The van der Waals surface area contributed by atoms with Gasteiger partial charge in [0.05, 0.1) is 5.39 Å². The molecule has 158 valence electrons. The van der Waals surface area contributed by atoms with Crippen molar-refractivity contribution in [1.82, 2.24) is 20.0 Å². The summed E-state index contributed by atoms with van der Waals surface area (Å²) in [6.45, 7) is 3.46. The zero-order valence-electron chi connectivity index (χ0n) is 17.3. The Kier molecular flexibility index (Phi) is 4.83. The molecule has 3 aliphatic rings. The van der Waals surface area contributed by atoms with Crippen molar-refractivity contribution in [2.24, 2.45) is 11.8 Å². The molecule has 2 aromatic rings. The highest BCUT2D eigenvalue weighted by molar-refractivity contribution is 6.04. The van der Waals surface area contributed by atoms with Gasteiger partial charge < -0.3 is 9.80 Å². The maximum absolute atomic E-state index is 13.5. The van der Waals surface area contributed by atoms with E-state index in [-0.39, 0.29) is 23.6 Å². The van der Waals surface area contributed by atoms with Crippen LogP contribution in [0.2, 0.25) is 0 Å². The lowest BCUT2D eigenvalue weighted by Gasteiger charge is -2.56. The Hall–Kier alpha value is -2.70. The smallest absolute Gasteiger partial charge is 0.274 e. The van der Waals surface area contributed by atoms with Gasteiger partial charge in [-0.05, 0) is 43.6 Å². The molecule has 0 aliphatic carbocycles. The average molecular weight is 409 g/mol. The van der Waals surface area contributed by atoms with Crippen LogP contribution in [0.1, 0.15) is 55.9 Å². The molecule has 7 nitrogen and oxygen atoms in total. The summed E-state index contributed by atoms with van der Waals surface area (Å²) in [6.07, 6.45) is 5.74. The number of carbonyl (C=O) groups is 2. The van der Waals surface area contributed by atoms with Crippen LogP contribution in [0.4, 0.5) is 0 Å². The number of likely N-dealkylation sites (tertiary alicyclic amines) is 1. The molecule has 1 aromatic heterocycles. The lowest BCUT2D eigenvalue weighted by atomic mass is 9.71. The lowest BCUT2D eigenvalue weighted by molar-refractivity contribution is -0.152. The maximum atomic E-state index is 13.5. The van der Waals surface area contributed by atoms with Gasteiger partial charge in [-0.1, -0.05) is 31.5 Å². The van der Waals surface area contributed by atoms with Gasteiger partial charge in [-0.15, -0.1) is 0 Å². The first-order chi connectivity index (χ1) is 14.6. The second-order valence-corrected chi connectivity index (χ2v) is 9.03. The molecule has 2 bridgehead atoms. The summed E-state index contributed by atoms with van der Waals surface area (Å²) in [6, 6.07) is 7.60. The van der Waals surface area contributed by atoms with Gasteiger partial charge in [0.15, 0.2) is 5.69 Å². The molecule has 0 radical (unpaired) electrons. The first-order valence-corrected chi connectivity index (χ1v) is 11.2. The Bertz CT molecular complexity index is 1050. The summed E-state index contributed by atoms with van der Waals surface area (Å²) in [4.78, 5) is 42.5. The average Bonchev–Trinajstić information content (AvgIpc) is 2.77. The van der Waals surface area contributed by atoms with Gasteiger partial charge in [0.25, 0.3) is 11.5 Å². The Morgan fingerprint density at radius 3 is 2.73 bits per heavy atom. The fourth-order valence-corrected chi connectivity index (χ4v) is 6.04. The predicted octanol–water partition coefficient (Wildman–Crippen LogP) is 2.56. The highest BCUT2D eigenvalue weighted by Crippen LogP contribution is 2.43. The number of benzene rings is 1. The monoisotopic (exact) mass is 408 g/mol. The quantitative estimate of drug-likeness (QED) is 0.846. The van der Waals surface area contributed by atoms with E-state index in [0.717, 1.165) is 32.1 Å². The van der Waals surface area contributed by atoms with E-state index in [9.17, 15) is 14.4 Å². The summed E-state index contributed by atoms with van der Waals surface area (Å²) < 4.78 is 0. The van der Waals surface area contributed by atoms with Crippen LogP contribution < -0.4 is 5.56 Å². The van der Waals surface area contributed by atoms with Crippen LogP contribution in [-0.4, -0.2) is 57.0 Å². The van der Waals surface area contributed by atoms with Crippen LogP contribution in [0.3, 0.4) is 0 Å². The van der Waals surface area contributed by atoms with Gasteiger partial charge in [0.1, 0.15) is 0 Å². The minimum atomic E-state index is -0.281. The van der Waals surface area contributed by atoms with Crippen molar-refractivity contribution in [1.29, 1.82) is 0 Å².